The average Bonchev–Trinajstić information content (AvgIpc) is 2.67. The predicted octanol–water partition coefficient (Wildman–Crippen LogP) is 4.29. The maximum atomic E-state index is 10.8. The Hall–Kier alpha value is -3.33. The molecule has 148 valence electrons. The van der Waals surface area contributed by atoms with E-state index in [-0.39, 0.29) is 16.9 Å². The van der Waals surface area contributed by atoms with Gasteiger partial charge in [-0.1, -0.05) is 13.8 Å². The Morgan fingerprint density at radius 3 is 2.62 bits per heavy atom. The molecule has 9 heteroatoms. The fourth-order valence-corrected chi connectivity index (χ4v) is 4.42. The van der Waals surface area contributed by atoms with Crippen molar-refractivity contribution in [3.63, 3.8) is 0 Å². The highest BCUT2D eigenvalue weighted by Crippen LogP contribution is 2.48. The maximum Gasteiger partial charge on any atom is 0.269 e. The fraction of sp³-hybridized carbons (Fsp3) is 0.200. The monoisotopic (exact) mass is 409 g/mol. The van der Waals surface area contributed by atoms with Gasteiger partial charge in [-0.3, -0.25) is 10.1 Å². The molecule has 0 amide bonds. The van der Waals surface area contributed by atoms with E-state index in [1.54, 1.807) is 18.2 Å². The molecule has 4 rings (SSSR count). The number of anilines is 2. The number of benzene rings is 2. The van der Waals surface area contributed by atoms with E-state index in [4.69, 9.17) is 5.73 Å². The minimum atomic E-state index is -0.436. The van der Waals surface area contributed by atoms with Crippen molar-refractivity contribution in [2.75, 3.05) is 10.5 Å². The quantitative estimate of drug-likeness (QED) is 0.252. The number of nitrogen functional groups attached to an aromatic ring is 1. The van der Waals surface area contributed by atoms with Gasteiger partial charge in [-0.25, -0.2) is 9.97 Å². The number of nitro groups is 1. The molecule has 0 unspecified atom stereocenters. The van der Waals surface area contributed by atoms with E-state index in [0.717, 1.165) is 27.3 Å². The van der Waals surface area contributed by atoms with Crippen molar-refractivity contribution in [2.24, 2.45) is 0 Å². The van der Waals surface area contributed by atoms with E-state index >= 15 is 0 Å². The lowest BCUT2D eigenvalue weighted by atomic mass is 9.71. The van der Waals surface area contributed by atoms with Crippen LogP contribution in [0.3, 0.4) is 0 Å². The van der Waals surface area contributed by atoms with Crippen molar-refractivity contribution in [3.8, 4) is 17.0 Å². The lowest BCUT2D eigenvalue weighted by molar-refractivity contribution is -0.384. The van der Waals surface area contributed by atoms with E-state index in [2.05, 4.69) is 28.5 Å². The van der Waals surface area contributed by atoms with E-state index in [0.29, 0.717) is 17.9 Å². The molecular formula is C20H19N5O3S. The summed E-state index contributed by atoms with van der Waals surface area (Å²) in [5.41, 5.74) is 9.98. The van der Waals surface area contributed by atoms with Gasteiger partial charge in [0.1, 0.15) is 17.9 Å². The van der Waals surface area contributed by atoms with Crippen LogP contribution in [0.4, 0.5) is 17.2 Å². The molecule has 1 heterocycles. The van der Waals surface area contributed by atoms with Crippen LogP contribution in [0.1, 0.15) is 25.0 Å². The Morgan fingerprint density at radius 2 is 1.93 bits per heavy atom. The second kappa shape index (κ2) is 6.93. The van der Waals surface area contributed by atoms with Gasteiger partial charge in [-0.2, -0.15) is 0 Å². The zero-order chi connectivity index (χ0) is 20.8. The number of phenolic OH excluding ortho intramolecular Hbond substituents is 1. The summed E-state index contributed by atoms with van der Waals surface area (Å²) in [6.45, 7) is 4.15. The first-order chi connectivity index (χ1) is 13.8. The number of nitrogens with zero attached hydrogens (tertiary/aromatic N) is 3. The summed E-state index contributed by atoms with van der Waals surface area (Å²) in [6.07, 6.45) is 2.09. The smallest absolute Gasteiger partial charge is 0.269 e. The third-order valence-corrected chi connectivity index (χ3v) is 5.85. The van der Waals surface area contributed by atoms with Crippen molar-refractivity contribution in [1.29, 1.82) is 0 Å². The molecule has 0 saturated heterocycles. The fourth-order valence-electron chi connectivity index (χ4n) is 3.70. The number of rotatable bonds is 4. The van der Waals surface area contributed by atoms with Gasteiger partial charge in [0.15, 0.2) is 0 Å². The van der Waals surface area contributed by atoms with Gasteiger partial charge >= 0.3 is 0 Å². The zero-order valence-electron chi connectivity index (χ0n) is 15.8. The van der Waals surface area contributed by atoms with Crippen LogP contribution >= 0.6 is 11.9 Å². The van der Waals surface area contributed by atoms with Gasteiger partial charge in [-0.05, 0) is 53.6 Å². The SMILES string of the molecule is CC1(C)Cc2c(ccc(O)c2NSc2ccc([N+](=O)[O-])cc2)-c2ncnc(N)c21. The Balaban J connectivity index is 1.72. The largest absolute Gasteiger partial charge is 0.506 e. The van der Waals surface area contributed by atoms with Crippen LogP contribution in [0.25, 0.3) is 11.3 Å². The highest BCUT2D eigenvalue weighted by atomic mass is 32.2. The number of nitro benzene ring substituents is 1. The van der Waals surface area contributed by atoms with Gasteiger partial charge in [0.05, 0.1) is 16.3 Å². The number of non-ortho nitro benzene ring substituents is 1. The van der Waals surface area contributed by atoms with Gasteiger partial charge in [-0.15, -0.1) is 0 Å². The van der Waals surface area contributed by atoms with Crippen LogP contribution in [-0.2, 0) is 11.8 Å². The minimum Gasteiger partial charge on any atom is -0.506 e. The summed E-state index contributed by atoms with van der Waals surface area (Å²) < 4.78 is 3.21. The maximum absolute atomic E-state index is 10.8. The summed E-state index contributed by atoms with van der Waals surface area (Å²) in [4.78, 5) is 19.8. The summed E-state index contributed by atoms with van der Waals surface area (Å²) in [5.74, 6) is 0.591. The molecule has 0 radical (unpaired) electrons. The van der Waals surface area contributed by atoms with Crippen molar-refractivity contribution in [3.05, 3.63) is 64.0 Å². The summed E-state index contributed by atoms with van der Waals surface area (Å²) in [5, 5.41) is 21.3. The predicted molar refractivity (Wildman–Crippen MR) is 113 cm³/mol. The second-order valence-corrected chi connectivity index (χ2v) is 8.36. The first kappa shape index (κ1) is 19.0. The summed E-state index contributed by atoms with van der Waals surface area (Å²) in [7, 11) is 0. The molecule has 8 nitrogen and oxygen atoms in total. The zero-order valence-corrected chi connectivity index (χ0v) is 16.7. The Kier molecular flexibility index (Phi) is 4.54. The molecule has 1 aliphatic carbocycles. The number of fused-ring (bicyclic) bond motifs is 3. The first-order valence-corrected chi connectivity index (χ1v) is 9.73. The van der Waals surface area contributed by atoms with Gasteiger partial charge < -0.3 is 15.6 Å². The molecule has 0 atom stereocenters. The lowest BCUT2D eigenvalue weighted by Crippen LogP contribution is -2.28. The minimum absolute atomic E-state index is 0.0323. The molecule has 29 heavy (non-hydrogen) atoms. The number of nitrogens with one attached hydrogen (secondary N) is 1. The molecule has 0 bridgehead atoms. The highest BCUT2D eigenvalue weighted by molar-refractivity contribution is 8.00. The molecule has 1 aromatic heterocycles. The van der Waals surface area contributed by atoms with Crippen molar-refractivity contribution in [1.82, 2.24) is 9.97 Å². The summed E-state index contributed by atoms with van der Waals surface area (Å²) in [6, 6.07) is 9.68. The lowest BCUT2D eigenvalue weighted by Gasteiger charge is -2.35. The molecule has 3 aromatic rings. The Bertz CT molecular complexity index is 1120. The van der Waals surface area contributed by atoms with E-state index < -0.39 is 4.92 Å². The van der Waals surface area contributed by atoms with Crippen LogP contribution in [-0.4, -0.2) is 20.0 Å². The van der Waals surface area contributed by atoms with E-state index in [9.17, 15) is 15.2 Å². The third-order valence-electron chi connectivity index (χ3n) is 5.04. The number of hydrogen-bond donors (Lipinski definition) is 3. The van der Waals surface area contributed by atoms with Gasteiger partial charge in [0, 0.05) is 28.2 Å². The molecule has 1 aliphatic rings. The molecule has 2 aromatic carbocycles. The molecule has 0 fully saturated rings. The number of nitrogens with two attached hydrogens (primary N) is 1. The standard InChI is InChI=1S/C20H19N5O3S/c1-20(2)9-14-13(18-16(20)19(21)23-10-22-18)7-8-15(26)17(14)24-29-12-5-3-11(4-6-12)25(27)28/h3-8,10,24,26H,9H2,1-2H3,(H2,21,22,23). The number of aromatic hydroxyl groups is 1. The van der Waals surface area contributed by atoms with Crippen LogP contribution < -0.4 is 10.5 Å². The number of aromatic nitrogens is 2. The Labute approximate surface area is 171 Å². The summed E-state index contributed by atoms with van der Waals surface area (Å²) >= 11 is 1.28. The van der Waals surface area contributed by atoms with E-state index in [1.807, 2.05) is 6.07 Å². The normalized spacial score (nSPS) is 14.0. The van der Waals surface area contributed by atoms with Crippen LogP contribution in [0.2, 0.25) is 0 Å². The van der Waals surface area contributed by atoms with Crippen molar-refractivity contribution in [2.45, 2.75) is 30.6 Å². The molecule has 0 saturated carbocycles. The second-order valence-electron chi connectivity index (χ2n) is 7.48. The molecule has 4 N–H and O–H groups in total. The molecule has 0 spiro atoms. The number of hydrogen-bond acceptors (Lipinski definition) is 8. The van der Waals surface area contributed by atoms with Gasteiger partial charge in [0.2, 0.25) is 0 Å². The van der Waals surface area contributed by atoms with Gasteiger partial charge in [0.25, 0.3) is 5.69 Å². The van der Waals surface area contributed by atoms with Crippen LogP contribution in [0.15, 0.2) is 47.6 Å². The number of phenols is 1. The van der Waals surface area contributed by atoms with Crippen LogP contribution in [0, 0.1) is 10.1 Å². The molecule has 0 aliphatic heterocycles. The topological polar surface area (TPSA) is 127 Å². The van der Waals surface area contributed by atoms with E-state index in [1.165, 1.54) is 30.4 Å². The van der Waals surface area contributed by atoms with Crippen molar-refractivity contribution >= 4 is 29.1 Å². The highest BCUT2D eigenvalue weighted by Gasteiger charge is 2.36. The Morgan fingerprint density at radius 1 is 1.21 bits per heavy atom. The van der Waals surface area contributed by atoms with Crippen molar-refractivity contribution < 1.29 is 10.0 Å². The third kappa shape index (κ3) is 3.33. The first-order valence-electron chi connectivity index (χ1n) is 8.91. The van der Waals surface area contributed by atoms with Crippen LogP contribution in [0.5, 0.6) is 5.75 Å². The average molecular weight is 409 g/mol. The molecular weight excluding hydrogens is 390 g/mol.